The third kappa shape index (κ3) is 4.43. The van der Waals surface area contributed by atoms with Crippen molar-refractivity contribution in [2.24, 2.45) is 0 Å². The summed E-state index contributed by atoms with van der Waals surface area (Å²) >= 11 is 1.51. The van der Waals surface area contributed by atoms with Gasteiger partial charge in [-0.15, -0.1) is 11.8 Å². The number of rotatable bonds is 5. The van der Waals surface area contributed by atoms with Gasteiger partial charge in [0.2, 0.25) is 11.8 Å². The SMILES string of the molecule is CC(=O)Nc1ccc(OC(=O)CCN2C(=O)CSc3ccccc32)cc1. The Morgan fingerprint density at radius 1 is 1.15 bits per heavy atom. The summed E-state index contributed by atoms with van der Waals surface area (Å²) in [5, 5.41) is 2.64. The highest BCUT2D eigenvalue weighted by molar-refractivity contribution is 8.00. The number of nitrogens with zero attached hydrogens (tertiary/aromatic N) is 1. The van der Waals surface area contributed by atoms with Crippen LogP contribution in [0.2, 0.25) is 0 Å². The molecule has 0 spiro atoms. The molecule has 2 aromatic rings. The van der Waals surface area contributed by atoms with Crippen molar-refractivity contribution in [1.29, 1.82) is 0 Å². The van der Waals surface area contributed by atoms with Gasteiger partial charge in [-0.05, 0) is 36.4 Å². The number of carbonyl (C=O) groups excluding carboxylic acids is 3. The number of benzene rings is 2. The molecule has 0 bridgehead atoms. The zero-order valence-electron chi connectivity index (χ0n) is 14.2. The molecule has 0 atom stereocenters. The smallest absolute Gasteiger partial charge is 0.312 e. The fourth-order valence-electron chi connectivity index (χ4n) is 2.59. The van der Waals surface area contributed by atoms with Gasteiger partial charge in [-0.25, -0.2) is 0 Å². The molecule has 1 heterocycles. The van der Waals surface area contributed by atoms with Crippen molar-refractivity contribution >= 4 is 40.9 Å². The average Bonchev–Trinajstić information content (AvgIpc) is 2.62. The lowest BCUT2D eigenvalue weighted by Gasteiger charge is -2.28. The Kier molecular flexibility index (Phi) is 5.58. The number of ether oxygens (including phenoxy) is 1. The van der Waals surface area contributed by atoms with E-state index in [4.69, 9.17) is 4.74 Å². The van der Waals surface area contributed by atoms with Crippen LogP contribution in [0.25, 0.3) is 0 Å². The molecule has 0 aliphatic carbocycles. The molecule has 26 heavy (non-hydrogen) atoms. The Morgan fingerprint density at radius 2 is 1.88 bits per heavy atom. The zero-order valence-corrected chi connectivity index (χ0v) is 15.0. The number of thioether (sulfide) groups is 1. The molecule has 2 aromatic carbocycles. The van der Waals surface area contributed by atoms with Gasteiger partial charge < -0.3 is 15.0 Å². The topological polar surface area (TPSA) is 75.7 Å². The van der Waals surface area contributed by atoms with E-state index in [0.717, 1.165) is 10.6 Å². The number of hydrogen-bond donors (Lipinski definition) is 1. The fourth-order valence-corrected chi connectivity index (χ4v) is 3.53. The van der Waals surface area contributed by atoms with E-state index < -0.39 is 5.97 Å². The maximum atomic E-state index is 12.2. The summed E-state index contributed by atoms with van der Waals surface area (Å²) in [6, 6.07) is 14.2. The molecule has 1 aliphatic heterocycles. The standard InChI is InChI=1S/C19H18N2O4S/c1-13(22)20-14-6-8-15(9-7-14)25-19(24)10-11-21-16-4-2-3-5-17(16)26-12-18(21)23/h2-9H,10-12H2,1H3,(H,20,22). The number of amides is 2. The number of hydrogen-bond acceptors (Lipinski definition) is 5. The van der Waals surface area contributed by atoms with E-state index in [-0.39, 0.29) is 24.8 Å². The van der Waals surface area contributed by atoms with Crippen molar-refractivity contribution in [2.75, 3.05) is 22.5 Å². The molecule has 3 rings (SSSR count). The zero-order chi connectivity index (χ0) is 18.5. The highest BCUT2D eigenvalue weighted by Gasteiger charge is 2.24. The van der Waals surface area contributed by atoms with Crippen molar-refractivity contribution in [3.05, 3.63) is 48.5 Å². The molecular formula is C19H18N2O4S. The minimum Gasteiger partial charge on any atom is -0.426 e. The first-order valence-corrected chi connectivity index (χ1v) is 9.12. The van der Waals surface area contributed by atoms with Gasteiger partial charge >= 0.3 is 5.97 Å². The Bertz CT molecular complexity index is 836. The van der Waals surface area contributed by atoms with Crippen LogP contribution in [0.1, 0.15) is 13.3 Å². The molecular weight excluding hydrogens is 352 g/mol. The van der Waals surface area contributed by atoms with E-state index in [1.54, 1.807) is 29.2 Å². The highest BCUT2D eigenvalue weighted by atomic mass is 32.2. The van der Waals surface area contributed by atoms with Crippen LogP contribution in [0.3, 0.4) is 0 Å². The van der Waals surface area contributed by atoms with E-state index in [2.05, 4.69) is 5.32 Å². The van der Waals surface area contributed by atoms with E-state index in [0.29, 0.717) is 17.2 Å². The summed E-state index contributed by atoms with van der Waals surface area (Å²) in [5.74, 6) is 0.169. The first-order valence-electron chi connectivity index (χ1n) is 8.13. The number of fused-ring (bicyclic) bond motifs is 1. The highest BCUT2D eigenvalue weighted by Crippen LogP contribution is 2.34. The molecule has 0 fully saturated rings. The maximum Gasteiger partial charge on any atom is 0.312 e. The Morgan fingerprint density at radius 3 is 2.62 bits per heavy atom. The van der Waals surface area contributed by atoms with Gasteiger partial charge in [-0.3, -0.25) is 14.4 Å². The summed E-state index contributed by atoms with van der Waals surface area (Å²) in [6.07, 6.45) is 0.0954. The monoisotopic (exact) mass is 370 g/mol. The molecule has 134 valence electrons. The second-order valence-electron chi connectivity index (χ2n) is 5.73. The Labute approximate surface area is 155 Å². The van der Waals surface area contributed by atoms with E-state index >= 15 is 0 Å². The quantitative estimate of drug-likeness (QED) is 0.647. The van der Waals surface area contributed by atoms with Gasteiger partial charge in [0.15, 0.2) is 0 Å². The molecule has 0 saturated heterocycles. The van der Waals surface area contributed by atoms with Crippen LogP contribution in [0.5, 0.6) is 5.75 Å². The molecule has 1 N–H and O–H groups in total. The first kappa shape index (κ1) is 18.0. The van der Waals surface area contributed by atoms with Crippen LogP contribution < -0.4 is 15.0 Å². The van der Waals surface area contributed by atoms with Gasteiger partial charge in [-0.1, -0.05) is 12.1 Å². The fraction of sp³-hybridized carbons (Fsp3) is 0.211. The Balaban J connectivity index is 1.57. The third-order valence-corrected chi connectivity index (χ3v) is 4.80. The number of nitrogens with one attached hydrogen (secondary N) is 1. The number of esters is 1. The lowest BCUT2D eigenvalue weighted by Crippen LogP contribution is -2.37. The molecule has 0 saturated carbocycles. The molecule has 0 aromatic heterocycles. The van der Waals surface area contributed by atoms with Crippen LogP contribution in [-0.4, -0.2) is 30.1 Å². The van der Waals surface area contributed by atoms with E-state index in [1.165, 1.54) is 18.7 Å². The minimum atomic E-state index is -0.416. The lowest BCUT2D eigenvalue weighted by atomic mass is 10.2. The van der Waals surface area contributed by atoms with Crippen LogP contribution in [-0.2, 0) is 14.4 Å². The van der Waals surface area contributed by atoms with E-state index in [9.17, 15) is 14.4 Å². The second kappa shape index (κ2) is 8.05. The lowest BCUT2D eigenvalue weighted by molar-refractivity contribution is -0.134. The summed E-state index contributed by atoms with van der Waals surface area (Å²) in [5.41, 5.74) is 1.46. The summed E-state index contributed by atoms with van der Waals surface area (Å²) in [4.78, 5) is 37.9. The predicted molar refractivity (Wildman–Crippen MR) is 101 cm³/mol. The van der Waals surface area contributed by atoms with Gasteiger partial charge in [0.25, 0.3) is 0 Å². The van der Waals surface area contributed by atoms with Gasteiger partial charge in [0.05, 0.1) is 17.9 Å². The van der Waals surface area contributed by atoms with Crippen molar-refractivity contribution < 1.29 is 19.1 Å². The largest absolute Gasteiger partial charge is 0.426 e. The average molecular weight is 370 g/mol. The van der Waals surface area contributed by atoms with Crippen LogP contribution >= 0.6 is 11.8 Å². The number of para-hydroxylation sites is 1. The second-order valence-corrected chi connectivity index (χ2v) is 6.75. The number of carbonyl (C=O) groups is 3. The molecule has 7 heteroatoms. The summed E-state index contributed by atoms with van der Waals surface area (Å²) in [7, 11) is 0. The first-order chi connectivity index (χ1) is 12.5. The maximum absolute atomic E-state index is 12.2. The normalized spacial score (nSPS) is 13.1. The molecule has 2 amide bonds. The minimum absolute atomic E-state index is 0.0128. The van der Waals surface area contributed by atoms with Crippen LogP contribution in [0.4, 0.5) is 11.4 Å². The Hall–Kier alpha value is -2.80. The van der Waals surface area contributed by atoms with Crippen molar-refractivity contribution in [2.45, 2.75) is 18.2 Å². The van der Waals surface area contributed by atoms with Gasteiger partial charge in [0, 0.05) is 24.1 Å². The number of anilines is 2. The summed E-state index contributed by atoms with van der Waals surface area (Å²) < 4.78 is 5.29. The molecule has 0 radical (unpaired) electrons. The van der Waals surface area contributed by atoms with Gasteiger partial charge in [-0.2, -0.15) is 0 Å². The summed E-state index contributed by atoms with van der Waals surface area (Å²) in [6.45, 7) is 1.70. The predicted octanol–water partition coefficient (Wildman–Crippen LogP) is 3.08. The molecule has 1 aliphatic rings. The molecule has 0 unspecified atom stereocenters. The van der Waals surface area contributed by atoms with Crippen molar-refractivity contribution in [3.63, 3.8) is 0 Å². The molecule has 6 nitrogen and oxygen atoms in total. The van der Waals surface area contributed by atoms with Gasteiger partial charge in [0.1, 0.15) is 5.75 Å². The van der Waals surface area contributed by atoms with Crippen LogP contribution in [0, 0.1) is 0 Å². The van der Waals surface area contributed by atoms with Crippen molar-refractivity contribution in [3.8, 4) is 5.75 Å². The van der Waals surface area contributed by atoms with E-state index in [1.807, 2.05) is 24.3 Å². The third-order valence-electron chi connectivity index (χ3n) is 3.75. The van der Waals surface area contributed by atoms with Crippen LogP contribution in [0.15, 0.2) is 53.4 Å². The van der Waals surface area contributed by atoms with Crippen molar-refractivity contribution in [1.82, 2.24) is 0 Å².